The molecule has 7 nitrogen and oxygen atoms in total. The Labute approximate surface area is 149 Å². The number of amides is 2. The molecule has 0 aromatic rings. The van der Waals surface area contributed by atoms with E-state index in [0.717, 1.165) is 30.0 Å². The Morgan fingerprint density at radius 3 is 2.44 bits per heavy atom. The standard InChI is InChI=1S/C17H27N3O4S/c21-16(11-13-3-1-2-4-13)19-8-7-18-9-10-25(23,24)20(14-5-6-14)17(22)15(18)12-19/h13-15H,1-12H2. The van der Waals surface area contributed by atoms with Gasteiger partial charge in [0.25, 0.3) is 5.91 Å². The molecule has 0 aromatic carbocycles. The predicted octanol–water partition coefficient (Wildman–Crippen LogP) is 0.414. The van der Waals surface area contributed by atoms with Crippen molar-refractivity contribution in [3.63, 3.8) is 0 Å². The largest absolute Gasteiger partial charge is 0.339 e. The predicted molar refractivity (Wildman–Crippen MR) is 92.2 cm³/mol. The van der Waals surface area contributed by atoms with E-state index >= 15 is 0 Å². The Morgan fingerprint density at radius 1 is 1.04 bits per heavy atom. The van der Waals surface area contributed by atoms with Crippen LogP contribution in [0.5, 0.6) is 0 Å². The summed E-state index contributed by atoms with van der Waals surface area (Å²) in [5.74, 6) is 0.295. The quantitative estimate of drug-likeness (QED) is 0.720. The Hall–Kier alpha value is -1.15. The smallest absolute Gasteiger partial charge is 0.255 e. The Morgan fingerprint density at radius 2 is 1.76 bits per heavy atom. The maximum absolute atomic E-state index is 13.0. The summed E-state index contributed by atoms with van der Waals surface area (Å²) in [5, 5.41) is 0. The molecule has 1 unspecified atom stereocenters. The van der Waals surface area contributed by atoms with Crippen molar-refractivity contribution in [3.05, 3.63) is 0 Å². The molecule has 2 saturated heterocycles. The van der Waals surface area contributed by atoms with Crippen LogP contribution in [-0.4, -0.2) is 78.4 Å². The van der Waals surface area contributed by atoms with E-state index in [1.165, 1.54) is 12.8 Å². The average molecular weight is 369 g/mol. The van der Waals surface area contributed by atoms with Gasteiger partial charge in [0, 0.05) is 38.6 Å². The average Bonchev–Trinajstić information content (AvgIpc) is 3.28. The maximum Gasteiger partial charge on any atom is 0.255 e. The van der Waals surface area contributed by atoms with Gasteiger partial charge in [0.2, 0.25) is 15.9 Å². The van der Waals surface area contributed by atoms with Crippen LogP contribution in [0.4, 0.5) is 0 Å². The fourth-order valence-electron chi connectivity index (χ4n) is 4.47. The normalized spacial score (nSPS) is 31.0. The first-order valence-corrected chi connectivity index (χ1v) is 11.1. The second-order valence-electron chi connectivity index (χ2n) is 7.93. The van der Waals surface area contributed by atoms with Crippen molar-refractivity contribution in [1.82, 2.24) is 14.1 Å². The molecule has 4 rings (SSSR count). The molecule has 140 valence electrons. The van der Waals surface area contributed by atoms with E-state index in [-0.39, 0.29) is 23.6 Å². The molecule has 4 fully saturated rings. The van der Waals surface area contributed by atoms with Crippen molar-refractivity contribution in [3.8, 4) is 0 Å². The number of carbonyl (C=O) groups is 2. The number of hydrogen-bond donors (Lipinski definition) is 0. The molecule has 0 radical (unpaired) electrons. The molecule has 2 amide bonds. The van der Waals surface area contributed by atoms with Crippen molar-refractivity contribution in [1.29, 1.82) is 0 Å². The summed E-state index contributed by atoms with van der Waals surface area (Å²) in [6.45, 7) is 1.90. The van der Waals surface area contributed by atoms with Gasteiger partial charge in [-0.1, -0.05) is 12.8 Å². The van der Waals surface area contributed by atoms with Gasteiger partial charge in [0.15, 0.2) is 0 Å². The first-order chi connectivity index (χ1) is 12.0. The molecule has 25 heavy (non-hydrogen) atoms. The van der Waals surface area contributed by atoms with Crippen LogP contribution in [0.1, 0.15) is 44.9 Å². The van der Waals surface area contributed by atoms with Gasteiger partial charge < -0.3 is 4.90 Å². The second kappa shape index (κ2) is 6.54. The Kier molecular flexibility index (Phi) is 4.52. The van der Waals surface area contributed by atoms with Crippen molar-refractivity contribution in [2.24, 2.45) is 5.92 Å². The number of piperazine rings is 1. The van der Waals surface area contributed by atoms with Gasteiger partial charge in [-0.15, -0.1) is 0 Å². The minimum atomic E-state index is -3.52. The molecule has 1 atom stereocenters. The van der Waals surface area contributed by atoms with Crippen molar-refractivity contribution < 1.29 is 18.0 Å². The van der Waals surface area contributed by atoms with Crippen LogP contribution in [-0.2, 0) is 19.6 Å². The minimum absolute atomic E-state index is 0.00175. The molecule has 2 aliphatic heterocycles. The van der Waals surface area contributed by atoms with Crippen LogP contribution in [0.25, 0.3) is 0 Å². The highest BCUT2D eigenvalue weighted by molar-refractivity contribution is 7.89. The zero-order chi connectivity index (χ0) is 17.6. The topological polar surface area (TPSA) is 78.0 Å². The summed E-state index contributed by atoms with van der Waals surface area (Å²) < 4.78 is 26.1. The maximum atomic E-state index is 13.0. The molecule has 0 N–H and O–H groups in total. The number of sulfonamides is 1. The third-order valence-corrected chi connectivity index (χ3v) is 7.87. The van der Waals surface area contributed by atoms with E-state index in [9.17, 15) is 18.0 Å². The second-order valence-corrected chi connectivity index (χ2v) is 9.89. The highest BCUT2D eigenvalue weighted by Crippen LogP contribution is 2.33. The van der Waals surface area contributed by atoms with Crippen LogP contribution in [0, 0.1) is 5.92 Å². The van der Waals surface area contributed by atoms with Crippen LogP contribution in [0.3, 0.4) is 0 Å². The molecular formula is C17H27N3O4S. The zero-order valence-electron chi connectivity index (χ0n) is 14.6. The summed E-state index contributed by atoms with van der Waals surface area (Å²) in [5.41, 5.74) is 0. The number of carbonyl (C=O) groups excluding carboxylic acids is 2. The zero-order valence-corrected chi connectivity index (χ0v) is 15.4. The highest BCUT2D eigenvalue weighted by atomic mass is 32.2. The van der Waals surface area contributed by atoms with Crippen molar-refractivity contribution in [2.45, 2.75) is 57.0 Å². The fraction of sp³-hybridized carbons (Fsp3) is 0.882. The fourth-order valence-corrected chi connectivity index (χ4v) is 6.19. The summed E-state index contributed by atoms with van der Waals surface area (Å²) in [4.78, 5) is 29.3. The lowest BCUT2D eigenvalue weighted by atomic mass is 10.0. The third kappa shape index (κ3) is 3.43. The lowest BCUT2D eigenvalue weighted by molar-refractivity contribution is -0.140. The van der Waals surface area contributed by atoms with E-state index in [1.807, 2.05) is 4.90 Å². The van der Waals surface area contributed by atoms with E-state index in [1.54, 1.807) is 4.90 Å². The van der Waals surface area contributed by atoms with E-state index in [4.69, 9.17) is 0 Å². The van der Waals surface area contributed by atoms with Gasteiger partial charge in [-0.3, -0.25) is 14.5 Å². The van der Waals surface area contributed by atoms with E-state index in [2.05, 4.69) is 0 Å². The van der Waals surface area contributed by atoms with Gasteiger partial charge in [-0.05, 0) is 31.6 Å². The number of nitrogens with zero attached hydrogens (tertiary/aromatic N) is 3. The minimum Gasteiger partial charge on any atom is -0.339 e. The van der Waals surface area contributed by atoms with Gasteiger partial charge in [-0.2, -0.15) is 0 Å². The summed E-state index contributed by atoms with van der Waals surface area (Å²) in [7, 11) is -3.52. The third-order valence-electron chi connectivity index (χ3n) is 6.10. The van der Waals surface area contributed by atoms with Crippen LogP contribution < -0.4 is 0 Å². The molecule has 2 aliphatic carbocycles. The first-order valence-electron chi connectivity index (χ1n) is 9.53. The summed E-state index contributed by atoms with van der Waals surface area (Å²) >= 11 is 0. The monoisotopic (exact) mass is 369 g/mol. The molecule has 2 saturated carbocycles. The molecule has 0 bridgehead atoms. The Bertz CT molecular complexity index is 655. The molecular weight excluding hydrogens is 342 g/mol. The molecule has 4 aliphatic rings. The van der Waals surface area contributed by atoms with Crippen molar-refractivity contribution >= 4 is 21.8 Å². The Balaban J connectivity index is 1.47. The summed E-state index contributed by atoms with van der Waals surface area (Å²) in [6.07, 6.45) is 6.78. The SMILES string of the molecule is O=C(CC1CCCC1)N1CCN2CCS(=O)(=O)N(C3CC3)C(=O)C2C1. The van der Waals surface area contributed by atoms with Crippen LogP contribution in [0.15, 0.2) is 0 Å². The molecule has 0 spiro atoms. The summed E-state index contributed by atoms with van der Waals surface area (Å²) in [6, 6.07) is -0.652. The number of rotatable bonds is 3. The van der Waals surface area contributed by atoms with Gasteiger partial charge in [0.05, 0.1) is 5.75 Å². The van der Waals surface area contributed by atoms with Crippen LogP contribution >= 0.6 is 0 Å². The van der Waals surface area contributed by atoms with E-state index in [0.29, 0.717) is 38.5 Å². The lowest BCUT2D eigenvalue weighted by Crippen LogP contribution is -2.59. The van der Waals surface area contributed by atoms with Crippen LogP contribution in [0.2, 0.25) is 0 Å². The number of fused-ring (bicyclic) bond motifs is 1. The van der Waals surface area contributed by atoms with Crippen molar-refractivity contribution in [2.75, 3.05) is 31.9 Å². The van der Waals surface area contributed by atoms with Gasteiger partial charge in [-0.25, -0.2) is 12.7 Å². The van der Waals surface area contributed by atoms with E-state index < -0.39 is 16.1 Å². The molecule has 0 aromatic heterocycles. The highest BCUT2D eigenvalue weighted by Gasteiger charge is 2.48. The van der Waals surface area contributed by atoms with Gasteiger partial charge in [0.1, 0.15) is 6.04 Å². The number of hydrogen-bond acceptors (Lipinski definition) is 5. The van der Waals surface area contributed by atoms with Gasteiger partial charge >= 0.3 is 0 Å². The molecule has 8 heteroatoms. The first kappa shape index (κ1) is 17.3. The molecule has 2 heterocycles. The lowest BCUT2D eigenvalue weighted by Gasteiger charge is -2.40.